The summed E-state index contributed by atoms with van der Waals surface area (Å²) in [5.74, 6) is 2.34. The largest absolute Gasteiger partial charge is 0.380 e. The molecule has 0 saturated heterocycles. The lowest BCUT2D eigenvalue weighted by Crippen LogP contribution is -2.46. The van der Waals surface area contributed by atoms with Crippen LogP contribution in [0, 0.1) is 23.2 Å². The lowest BCUT2D eigenvalue weighted by atomic mass is 9.54. The Hall–Kier alpha value is -1.60. The number of fused-ring (bicyclic) bond motifs is 5. The number of carbonyl (C=O) groups excluding carboxylic acids is 1. The lowest BCUT2D eigenvalue weighted by Gasteiger charge is -2.50. The number of unbranched alkanes of at least 4 members (excludes halogenated alkanes) is 4. The van der Waals surface area contributed by atoms with Gasteiger partial charge in [-0.1, -0.05) is 45.6 Å². The van der Waals surface area contributed by atoms with Crippen LogP contribution in [0.25, 0.3) is 0 Å². The summed E-state index contributed by atoms with van der Waals surface area (Å²) in [4.78, 5) is 13.1. The summed E-state index contributed by atoms with van der Waals surface area (Å²) >= 11 is 0. The highest BCUT2D eigenvalue weighted by Crippen LogP contribution is 2.63. The molecule has 2 fully saturated rings. The highest BCUT2D eigenvalue weighted by atomic mass is 32.2. The second-order valence-corrected chi connectivity index (χ2v) is 11.9. The van der Waals surface area contributed by atoms with E-state index < -0.39 is 10.3 Å². The van der Waals surface area contributed by atoms with Crippen molar-refractivity contribution in [3.05, 3.63) is 29.3 Å². The number of carbonyl (C=O) groups is 1. The molecule has 3 aliphatic rings. The van der Waals surface area contributed by atoms with Gasteiger partial charge >= 0.3 is 10.3 Å². The van der Waals surface area contributed by atoms with Gasteiger partial charge in [-0.05, 0) is 91.4 Å². The van der Waals surface area contributed by atoms with Gasteiger partial charge in [0.25, 0.3) is 0 Å². The molecule has 7 heteroatoms. The first kappa shape index (κ1) is 24.5. The number of benzene rings is 1. The first-order valence-corrected chi connectivity index (χ1v) is 14.3. The fourth-order valence-electron chi connectivity index (χ4n) is 7.24. The quantitative estimate of drug-likeness (QED) is 0.499. The van der Waals surface area contributed by atoms with E-state index in [4.69, 9.17) is 9.32 Å². The average molecular weight is 477 g/mol. The van der Waals surface area contributed by atoms with Crippen LogP contribution in [0.4, 0.5) is 0 Å². The van der Waals surface area contributed by atoms with Crippen molar-refractivity contribution in [2.24, 2.45) is 28.3 Å². The van der Waals surface area contributed by atoms with Gasteiger partial charge in [0.05, 0.1) is 0 Å². The zero-order valence-corrected chi connectivity index (χ0v) is 21.0. The van der Waals surface area contributed by atoms with Gasteiger partial charge in [0.2, 0.25) is 5.91 Å². The third kappa shape index (κ3) is 5.24. The molecule has 1 amide bonds. The van der Waals surface area contributed by atoms with Crippen LogP contribution in [-0.2, 0) is 21.5 Å². The van der Waals surface area contributed by atoms with Gasteiger partial charge in [-0.15, -0.1) is 0 Å². The van der Waals surface area contributed by atoms with Crippen molar-refractivity contribution in [2.75, 3.05) is 6.54 Å². The predicted molar refractivity (Wildman–Crippen MR) is 130 cm³/mol. The Balaban J connectivity index is 1.40. The van der Waals surface area contributed by atoms with Crippen LogP contribution >= 0.6 is 0 Å². The van der Waals surface area contributed by atoms with Crippen LogP contribution in [-0.4, -0.2) is 20.9 Å². The number of amides is 1. The third-order valence-corrected chi connectivity index (χ3v) is 9.23. The Labute approximate surface area is 199 Å². The van der Waals surface area contributed by atoms with Crippen LogP contribution in [0.3, 0.4) is 0 Å². The van der Waals surface area contributed by atoms with E-state index in [1.54, 1.807) is 6.07 Å². The molecule has 0 radical (unpaired) electrons. The van der Waals surface area contributed by atoms with E-state index in [2.05, 4.69) is 19.2 Å². The zero-order valence-electron chi connectivity index (χ0n) is 20.1. The average Bonchev–Trinajstić information content (AvgIpc) is 3.12. The molecule has 0 aromatic heterocycles. The van der Waals surface area contributed by atoms with Crippen LogP contribution < -0.4 is 14.6 Å². The molecule has 1 aromatic carbocycles. The van der Waals surface area contributed by atoms with Crippen molar-refractivity contribution < 1.29 is 17.4 Å². The molecule has 33 heavy (non-hydrogen) atoms. The summed E-state index contributed by atoms with van der Waals surface area (Å²) in [7, 11) is -4.01. The second-order valence-electron chi connectivity index (χ2n) is 10.7. The van der Waals surface area contributed by atoms with Crippen molar-refractivity contribution in [1.29, 1.82) is 0 Å². The highest BCUT2D eigenvalue weighted by molar-refractivity contribution is 7.84. The topological polar surface area (TPSA) is 98.5 Å². The lowest BCUT2D eigenvalue weighted by molar-refractivity contribution is -0.130. The smallest absolute Gasteiger partial charge is 0.371 e. The van der Waals surface area contributed by atoms with Gasteiger partial charge in [0.1, 0.15) is 5.75 Å². The Morgan fingerprint density at radius 2 is 1.94 bits per heavy atom. The fraction of sp³-hybridized carbons (Fsp3) is 0.731. The minimum absolute atomic E-state index is 0.0850. The van der Waals surface area contributed by atoms with Gasteiger partial charge in [-0.3, -0.25) is 4.79 Å². The fourth-order valence-corrected chi connectivity index (χ4v) is 7.61. The highest BCUT2D eigenvalue weighted by Gasteiger charge is 2.56. The van der Waals surface area contributed by atoms with Crippen molar-refractivity contribution in [1.82, 2.24) is 5.32 Å². The van der Waals surface area contributed by atoms with Crippen LogP contribution in [0.5, 0.6) is 5.75 Å². The first-order chi connectivity index (χ1) is 15.7. The van der Waals surface area contributed by atoms with Gasteiger partial charge in [-0.25, -0.2) is 0 Å². The maximum atomic E-state index is 13.1. The van der Waals surface area contributed by atoms with Gasteiger partial charge in [0, 0.05) is 12.5 Å². The second kappa shape index (κ2) is 9.95. The molecule has 2 saturated carbocycles. The maximum Gasteiger partial charge on any atom is 0.380 e. The van der Waals surface area contributed by atoms with E-state index in [0.29, 0.717) is 23.5 Å². The number of hydrogen-bond acceptors (Lipinski definition) is 4. The molecule has 1 aromatic rings. The molecular formula is C26H40N2O4S. The summed E-state index contributed by atoms with van der Waals surface area (Å²) in [6.07, 6.45) is 12.4. The van der Waals surface area contributed by atoms with Crippen LogP contribution in [0.2, 0.25) is 0 Å². The van der Waals surface area contributed by atoms with Crippen molar-refractivity contribution in [2.45, 2.75) is 90.4 Å². The van der Waals surface area contributed by atoms with Gasteiger partial charge in [0.15, 0.2) is 0 Å². The minimum atomic E-state index is -4.01. The predicted octanol–water partition coefficient (Wildman–Crippen LogP) is 4.83. The molecule has 184 valence electrons. The number of nitrogens with one attached hydrogen (secondary N) is 1. The molecular weight excluding hydrogens is 436 g/mol. The summed E-state index contributed by atoms with van der Waals surface area (Å²) in [6, 6.07) is 5.60. The van der Waals surface area contributed by atoms with Crippen molar-refractivity contribution >= 4 is 16.2 Å². The van der Waals surface area contributed by atoms with E-state index in [0.717, 1.165) is 51.5 Å². The standard InChI is InChI=1S/C26H40N2O4S/c1-3-4-5-6-7-16-28-25(29)24-13-12-23-22-10-8-18-17-19(32-33(27,30)31)9-11-20(18)21(22)14-15-26(23,24)2/h9,11,17,21-24H,3-8,10,12-16H2,1-2H3,(H,28,29)(H2,27,30,31)/t21-,22-,23+,24?,26+/m1/s1. The Kier molecular flexibility index (Phi) is 7.39. The Morgan fingerprint density at radius 3 is 2.70 bits per heavy atom. The van der Waals surface area contributed by atoms with E-state index in [-0.39, 0.29) is 17.2 Å². The molecule has 5 atom stereocenters. The van der Waals surface area contributed by atoms with E-state index in [9.17, 15) is 13.2 Å². The zero-order chi connectivity index (χ0) is 23.6. The molecule has 0 heterocycles. The van der Waals surface area contributed by atoms with Crippen LogP contribution in [0.1, 0.15) is 95.1 Å². The molecule has 6 nitrogen and oxygen atoms in total. The van der Waals surface area contributed by atoms with Gasteiger partial charge in [-0.2, -0.15) is 13.6 Å². The number of hydrogen-bond donors (Lipinski definition) is 2. The van der Waals surface area contributed by atoms with Crippen molar-refractivity contribution in [3.8, 4) is 5.75 Å². The molecule has 0 spiro atoms. The SMILES string of the molecule is CCCCCCCNC(=O)C1CC[C@H]2[C@@H]3CCc4cc(OS(N)(=O)=O)ccc4[C@H]3CC[C@]12C. The van der Waals surface area contributed by atoms with E-state index in [1.165, 1.54) is 36.8 Å². The normalized spacial score (nSPS) is 30.8. The summed E-state index contributed by atoms with van der Waals surface area (Å²) in [5.41, 5.74) is 2.59. The third-order valence-electron chi connectivity index (χ3n) is 8.81. The number of aryl methyl sites for hydroxylation is 1. The van der Waals surface area contributed by atoms with Crippen molar-refractivity contribution in [3.63, 3.8) is 0 Å². The number of nitrogens with two attached hydrogens (primary N) is 1. The minimum Gasteiger partial charge on any atom is -0.371 e. The van der Waals surface area contributed by atoms with Gasteiger partial charge < -0.3 is 9.50 Å². The monoisotopic (exact) mass is 476 g/mol. The Bertz CT molecular complexity index is 963. The molecule has 1 unspecified atom stereocenters. The molecule has 0 bridgehead atoms. The number of rotatable bonds is 9. The molecule has 4 rings (SSSR count). The maximum absolute atomic E-state index is 13.1. The summed E-state index contributed by atoms with van der Waals surface area (Å²) in [6.45, 7) is 5.39. The molecule has 0 aliphatic heterocycles. The Morgan fingerprint density at radius 1 is 1.15 bits per heavy atom. The molecule has 3 aliphatic carbocycles. The van der Waals surface area contributed by atoms with E-state index in [1.807, 2.05) is 12.1 Å². The van der Waals surface area contributed by atoms with E-state index >= 15 is 0 Å². The first-order valence-electron chi connectivity index (χ1n) is 12.9. The summed E-state index contributed by atoms with van der Waals surface area (Å²) < 4.78 is 27.5. The summed E-state index contributed by atoms with van der Waals surface area (Å²) in [5, 5.41) is 8.30. The molecule has 3 N–H and O–H groups in total. The van der Waals surface area contributed by atoms with Crippen LogP contribution in [0.15, 0.2) is 18.2 Å².